The van der Waals surface area contributed by atoms with Crippen molar-refractivity contribution in [3.63, 3.8) is 0 Å². The number of para-hydroxylation sites is 1. The lowest BCUT2D eigenvalue weighted by atomic mass is 10.2. The second-order valence-corrected chi connectivity index (χ2v) is 7.50. The van der Waals surface area contributed by atoms with Gasteiger partial charge in [0, 0.05) is 10.9 Å². The molecule has 0 atom stereocenters. The molecule has 0 saturated heterocycles. The number of nitrogens with zero attached hydrogens (tertiary/aromatic N) is 1. The summed E-state index contributed by atoms with van der Waals surface area (Å²) in [6.07, 6.45) is 3.37. The van der Waals surface area contributed by atoms with E-state index in [-0.39, 0.29) is 17.7 Å². The number of pyridine rings is 1. The van der Waals surface area contributed by atoms with E-state index in [1.165, 1.54) is 6.20 Å². The zero-order valence-electron chi connectivity index (χ0n) is 16.1. The van der Waals surface area contributed by atoms with Crippen LogP contribution in [-0.4, -0.2) is 16.8 Å². The van der Waals surface area contributed by atoms with Gasteiger partial charge >= 0.3 is 0 Å². The normalized spacial score (nSPS) is 12.8. The molecular formula is C23H20ClN3O3. The van der Waals surface area contributed by atoms with E-state index in [9.17, 15) is 9.59 Å². The molecule has 1 aliphatic carbocycles. The maximum atomic E-state index is 12.7. The Kier molecular flexibility index (Phi) is 5.95. The lowest BCUT2D eigenvalue weighted by molar-refractivity contribution is -0.117. The minimum Gasteiger partial charge on any atom is -0.488 e. The van der Waals surface area contributed by atoms with Crippen LogP contribution >= 0.6 is 11.6 Å². The van der Waals surface area contributed by atoms with Gasteiger partial charge in [-0.15, -0.1) is 0 Å². The number of carbonyl (C=O) groups excluding carboxylic acids is 2. The summed E-state index contributed by atoms with van der Waals surface area (Å²) in [5.41, 5.74) is 1.89. The molecule has 0 aliphatic heterocycles. The summed E-state index contributed by atoms with van der Waals surface area (Å²) in [5.74, 6) is 0.739. The van der Waals surface area contributed by atoms with Crippen LogP contribution in [0.1, 0.15) is 28.8 Å². The third kappa shape index (κ3) is 5.15. The van der Waals surface area contributed by atoms with Crippen molar-refractivity contribution in [2.75, 3.05) is 10.6 Å². The Morgan fingerprint density at radius 3 is 2.47 bits per heavy atom. The number of benzene rings is 2. The molecule has 7 heteroatoms. The molecule has 0 radical (unpaired) electrons. The van der Waals surface area contributed by atoms with E-state index in [1.54, 1.807) is 42.5 Å². The van der Waals surface area contributed by atoms with Gasteiger partial charge in [-0.25, -0.2) is 4.98 Å². The molecule has 4 rings (SSSR count). The summed E-state index contributed by atoms with van der Waals surface area (Å²) in [7, 11) is 0. The van der Waals surface area contributed by atoms with Crippen LogP contribution in [0.3, 0.4) is 0 Å². The van der Waals surface area contributed by atoms with Crippen LogP contribution < -0.4 is 15.4 Å². The van der Waals surface area contributed by atoms with Crippen molar-refractivity contribution >= 4 is 34.9 Å². The molecule has 2 amide bonds. The Balaban J connectivity index is 1.39. The fourth-order valence-electron chi connectivity index (χ4n) is 2.84. The van der Waals surface area contributed by atoms with E-state index >= 15 is 0 Å². The van der Waals surface area contributed by atoms with Gasteiger partial charge in [-0.2, -0.15) is 0 Å². The molecule has 2 aromatic carbocycles. The van der Waals surface area contributed by atoms with Gasteiger partial charge in [0.2, 0.25) is 5.91 Å². The van der Waals surface area contributed by atoms with Crippen LogP contribution in [0.25, 0.3) is 0 Å². The maximum absolute atomic E-state index is 12.7. The highest BCUT2D eigenvalue weighted by molar-refractivity contribution is 6.30. The maximum Gasteiger partial charge on any atom is 0.259 e. The summed E-state index contributed by atoms with van der Waals surface area (Å²) in [5, 5.41) is 6.24. The molecule has 1 fully saturated rings. The molecule has 0 unspecified atom stereocenters. The third-order valence-corrected chi connectivity index (χ3v) is 4.91. The highest BCUT2D eigenvalue weighted by Gasteiger charge is 2.29. The van der Waals surface area contributed by atoms with Gasteiger partial charge in [0.05, 0.1) is 17.4 Å². The zero-order chi connectivity index (χ0) is 20.9. The van der Waals surface area contributed by atoms with Crippen molar-refractivity contribution in [2.24, 2.45) is 5.92 Å². The molecule has 152 valence electrons. The SMILES string of the molecule is O=C(Nc1ccc(NC(=O)C2CC2)nc1)c1ccccc1OCc1ccc(Cl)cc1. The summed E-state index contributed by atoms with van der Waals surface area (Å²) >= 11 is 5.90. The predicted molar refractivity (Wildman–Crippen MR) is 116 cm³/mol. The van der Waals surface area contributed by atoms with E-state index in [2.05, 4.69) is 15.6 Å². The van der Waals surface area contributed by atoms with E-state index < -0.39 is 0 Å². The molecule has 1 heterocycles. The lowest BCUT2D eigenvalue weighted by Crippen LogP contribution is -2.15. The fraction of sp³-hybridized carbons (Fsp3) is 0.174. The molecule has 6 nitrogen and oxygen atoms in total. The fourth-order valence-corrected chi connectivity index (χ4v) is 2.96. The highest BCUT2D eigenvalue weighted by atomic mass is 35.5. The number of ether oxygens (including phenoxy) is 1. The summed E-state index contributed by atoms with van der Waals surface area (Å²) in [6.45, 7) is 0.318. The zero-order valence-corrected chi connectivity index (χ0v) is 16.9. The summed E-state index contributed by atoms with van der Waals surface area (Å²) in [6, 6.07) is 17.7. The van der Waals surface area contributed by atoms with Crippen LogP contribution in [-0.2, 0) is 11.4 Å². The van der Waals surface area contributed by atoms with Crippen molar-refractivity contribution in [3.05, 3.63) is 83.0 Å². The molecule has 30 heavy (non-hydrogen) atoms. The third-order valence-electron chi connectivity index (χ3n) is 4.66. The average Bonchev–Trinajstić information content (AvgIpc) is 3.60. The first-order chi connectivity index (χ1) is 14.6. The quantitative estimate of drug-likeness (QED) is 0.567. The number of hydrogen-bond donors (Lipinski definition) is 2. The van der Waals surface area contributed by atoms with Crippen molar-refractivity contribution < 1.29 is 14.3 Å². The van der Waals surface area contributed by atoms with Crippen LogP contribution in [0.2, 0.25) is 5.02 Å². The number of nitrogens with one attached hydrogen (secondary N) is 2. The van der Waals surface area contributed by atoms with Crippen molar-refractivity contribution in [3.8, 4) is 5.75 Å². The highest BCUT2D eigenvalue weighted by Crippen LogP contribution is 2.30. The monoisotopic (exact) mass is 421 g/mol. The van der Waals surface area contributed by atoms with Gasteiger partial charge in [-0.3, -0.25) is 9.59 Å². The first-order valence-electron chi connectivity index (χ1n) is 9.63. The Morgan fingerprint density at radius 2 is 1.77 bits per heavy atom. The lowest BCUT2D eigenvalue weighted by Gasteiger charge is -2.12. The van der Waals surface area contributed by atoms with Gasteiger partial charge in [-0.1, -0.05) is 35.9 Å². The Labute approximate surface area is 179 Å². The number of anilines is 2. The van der Waals surface area contributed by atoms with Gasteiger partial charge in [-0.05, 0) is 54.8 Å². The largest absolute Gasteiger partial charge is 0.488 e. The molecule has 3 aromatic rings. The number of amides is 2. The van der Waals surface area contributed by atoms with Crippen molar-refractivity contribution in [1.29, 1.82) is 0 Å². The number of aromatic nitrogens is 1. The minimum atomic E-state index is -0.307. The average molecular weight is 422 g/mol. The molecule has 0 spiro atoms. The van der Waals surface area contributed by atoms with E-state index in [0.29, 0.717) is 34.4 Å². The Hall–Kier alpha value is -3.38. The van der Waals surface area contributed by atoms with Crippen LogP contribution in [0.4, 0.5) is 11.5 Å². The number of hydrogen-bond acceptors (Lipinski definition) is 4. The smallest absolute Gasteiger partial charge is 0.259 e. The first kappa shape index (κ1) is 19.9. The number of carbonyl (C=O) groups is 2. The number of rotatable bonds is 7. The van der Waals surface area contributed by atoms with Gasteiger partial charge in [0.25, 0.3) is 5.91 Å². The van der Waals surface area contributed by atoms with Gasteiger partial charge in [0.15, 0.2) is 0 Å². The molecule has 1 saturated carbocycles. The summed E-state index contributed by atoms with van der Waals surface area (Å²) < 4.78 is 5.85. The molecule has 1 aromatic heterocycles. The van der Waals surface area contributed by atoms with E-state index in [4.69, 9.17) is 16.3 Å². The van der Waals surface area contributed by atoms with Crippen LogP contribution in [0.15, 0.2) is 66.9 Å². The molecule has 0 bridgehead atoms. The van der Waals surface area contributed by atoms with E-state index in [1.807, 2.05) is 18.2 Å². The predicted octanol–water partition coefficient (Wildman–Crippen LogP) is 4.91. The standard InChI is InChI=1S/C23H20ClN3O3/c24-17-9-5-15(6-10-17)14-30-20-4-2-1-3-19(20)23(29)26-18-11-12-21(25-13-18)27-22(28)16-7-8-16/h1-6,9-13,16H,7-8,14H2,(H,26,29)(H,25,27,28). The second kappa shape index (κ2) is 8.97. The first-order valence-corrected chi connectivity index (χ1v) is 10.0. The van der Waals surface area contributed by atoms with E-state index in [0.717, 1.165) is 18.4 Å². The molecule has 2 N–H and O–H groups in total. The van der Waals surface area contributed by atoms with Gasteiger partial charge < -0.3 is 15.4 Å². The van der Waals surface area contributed by atoms with Crippen molar-refractivity contribution in [2.45, 2.75) is 19.4 Å². The molecular weight excluding hydrogens is 402 g/mol. The number of halogens is 1. The van der Waals surface area contributed by atoms with Gasteiger partial charge in [0.1, 0.15) is 18.2 Å². The molecule has 1 aliphatic rings. The second-order valence-electron chi connectivity index (χ2n) is 7.06. The minimum absolute atomic E-state index is 0.00829. The Morgan fingerprint density at radius 1 is 1.00 bits per heavy atom. The van der Waals surface area contributed by atoms with Crippen molar-refractivity contribution in [1.82, 2.24) is 4.98 Å². The topological polar surface area (TPSA) is 80.3 Å². The van der Waals surface area contributed by atoms with Crippen LogP contribution in [0, 0.1) is 5.92 Å². The Bertz CT molecular complexity index is 1050. The van der Waals surface area contributed by atoms with Crippen LogP contribution in [0.5, 0.6) is 5.75 Å². The summed E-state index contributed by atoms with van der Waals surface area (Å²) in [4.78, 5) is 28.7.